The minimum atomic E-state index is -0.0404. The second kappa shape index (κ2) is 8.85. The monoisotopic (exact) mass is 365 g/mol. The van der Waals surface area contributed by atoms with E-state index in [0.717, 1.165) is 45.2 Å². The molecular weight excluding hydrogens is 338 g/mol. The Hall–Kier alpha value is -2.61. The van der Waals surface area contributed by atoms with Crippen molar-refractivity contribution in [1.82, 2.24) is 9.80 Å². The highest BCUT2D eigenvalue weighted by molar-refractivity contribution is 5.87. The van der Waals surface area contributed by atoms with Gasteiger partial charge < -0.3 is 9.80 Å². The second-order valence-corrected chi connectivity index (χ2v) is 7.61. The summed E-state index contributed by atoms with van der Waals surface area (Å²) in [5.74, 6) is 0.720. The van der Waals surface area contributed by atoms with Crippen LogP contribution >= 0.6 is 0 Å². The third kappa shape index (κ3) is 4.77. The molecule has 5 nitrogen and oxygen atoms in total. The van der Waals surface area contributed by atoms with Gasteiger partial charge in [-0.25, -0.2) is 0 Å². The smallest absolute Gasteiger partial charge is 0.245 e. The van der Waals surface area contributed by atoms with Crippen LogP contribution in [0.1, 0.15) is 36.8 Å². The molecule has 0 N–H and O–H groups in total. The van der Waals surface area contributed by atoms with Crippen molar-refractivity contribution in [3.05, 3.63) is 48.0 Å². The van der Waals surface area contributed by atoms with Crippen molar-refractivity contribution in [2.75, 3.05) is 26.2 Å². The van der Waals surface area contributed by atoms with Crippen LogP contribution in [-0.4, -0.2) is 47.8 Å². The fourth-order valence-corrected chi connectivity index (χ4v) is 4.21. The Balaban J connectivity index is 1.53. The van der Waals surface area contributed by atoms with Gasteiger partial charge in [0.25, 0.3) is 0 Å². The molecule has 0 saturated carbocycles. The predicted octanol–water partition coefficient (Wildman–Crippen LogP) is 2.76. The summed E-state index contributed by atoms with van der Waals surface area (Å²) in [6.45, 7) is 6.47. The molecule has 1 unspecified atom stereocenters. The van der Waals surface area contributed by atoms with Gasteiger partial charge in [-0.2, -0.15) is 5.26 Å². The lowest BCUT2D eigenvalue weighted by Gasteiger charge is -2.37. The summed E-state index contributed by atoms with van der Waals surface area (Å²) in [6.07, 6.45) is 5.96. The van der Waals surface area contributed by atoms with E-state index in [0.29, 0.717) is 24.6 Å². The molecule has 2 fully saturated rings. The van der Waals surface area contributed by atoms with Gasteiger partial charge in [0.05, 0.1) is 11.6 Å². The van der Waals surface area contributed by atoms with E-state index in [-0.39, 0.29) is 17.7 Å². The fraction of sp³-hybridized carbons (Fsp3) is 0.500. The van der Waals surface area contributed by atoms with E-state index >= 15 is 0 Å². The number of hydrogen-bond donors (Lipinski definition) is 0. The summed E-state index contributed by atoms with van der Waals surface area (Å²) in [4.78, 5) is 28.5. The van der Waals surface area contributed by atoms with Crippen molar-refractivity contribution in [3.8, 4) is 6.07 Å². The Kier molecular flexibility index (Phi) is 6.28. The molecule has 2 amide bonds. The molecule has 1 atom stereocenters. The number of rotatable bonds is 4. The van der Waals surface area contributed by atoms with Crippen LogP contribution in [-0.2, 0) is 16.0 Å². The zero-order valence-electron chi connectivity index (χ0n) is 15.8. The number of nitrogens with zero attached hydrogens (tertiary/aromatic N) is 3. The lowest BCUT2D eigenvalue weighted by atomic mass is 9.89. The van der Waals surface area contributed by atoms with Crippen molar-refractivity contribution in [3.63, 3.8) is 0 Å². The van der Waals surface area contributed by atoms with Crippen LogP contribution in [0.15, 0.2) is 36.9 Å². The highest BCUT2D eigenvalue weighted by Gasteiger charge is 2.32. The molecule has 27 heavy (non-hydrogen) atoms. The first kappa shape index (κ1) is 19.2. The average molecular weight is 365 g/mol. The molecule has 2 aliphatic rings. The molecule has 142 valence electrons. The molecule has 0 aromatic heterocycles. The molecule has 0 radical (unpaired) electrons. The van der Waals surface area contributed by atoms with Crippen molar-refractivity contribution in [2.45, 2.75) is 32.1 Å². The summed E-state index contributed by atoms with van der Waals surface area (Å²) in [5.41, 5.74) is 1.91. The Morgan fingerprint density at radius 3 is 2.44 bits per heavy atom. The SMILES string of the molecule is C=CC(=O)N1CCC(C(=O)N2CCCC(Cc3ccc(C#N)cc3)C2)CC1. The fourth-order valence-electron chi connectivity index (χ4n) is 4.21. The summed E-state index contributed by atoms with van der Waals surface area (Å²) >= 11 is 0. The van der Waals surface area contributed by atoms with Crippen LogP contribution in [0.5, 0.6) is 0 Å². The first-order chi connectivity index (χ1) is 13.1. The van der Waals surface area contributed by atoms with Gasteiger partial charge in [0.1, 0.15) is 0 Å². The summed E-state index contributed by atoms with van der Waals surface area (Å²) in [6, 6.07) is 9.91. The molecule has 2 saturated heterocycles. The number of benzene rings is 1. The number of hydrogen-bond acceptors (Lipinski definition) is 3. The molecule has 3 rings (SSSR count). The van der Waals surface area contributed by atoms with E-state index in [1.807, 2.05) is 29.2 Å². The minimum Gasteiger partial charge on any atom is -0.342 e. The van der Waals surface area contributed by atoms with Crippen molar-refractivity contribution in [2.24, 2.45) is 11.8 Å². The highest BCUT2D eigenvalue weighted by atomic mass is 16.2. The van der Waals surface area contributed by atoms with Crippen molar-refractivity contribution < 1.29 is 9.59 Å². The Bertz CT molecular complexity index is 727. The van der Waals surface area contributed by atoms with Crippen LogP contribution < -0.4 is 0 Å². The van der Waals surface area contributed by atoms with Crippen molar-refractivity contribution in [1.29, 1.82) is 5.26 Å². The zero-order valence-corrected chi connectivity index (χ0v) is 15.8. The molecule has 5 heteroatoms. The van der Waals surface area contributed by atoms with Crippen LogP contribution in [0, 0.1) is 23.2 Å². The number of likely N-dealkylation sites (tertiary alicyclic amines) is 2. The third-order valence-electron chi connectivity index (χ3n) is 5.77. The number of carbonyl (C=O) groups is 2. The number of nitriles is 1. The van der Waals surface area contributed by atoms with Gasteiger partial charge in [-0.1, -0.05) is 18.7 Å². The lowest BCUT2D eigenvalue weighted by molar-refractivity contribution is -0.141. The normalized spacial score (nSPS) is 20.8. The van der Waals surface area contributed by atoms with E-state index in [1.54, 1.807) is 4.90 Å². The molecule has 0 spiro atoms. The molecular formula is C22H27N3O2. The molecule has 0 bridgehead atoms. The molecule has 1 aromatic rings. The van der Waals surface area contributed by atoms with Gasteiger partial charge in [-0.3, -0.25) is 9.59 Å². The van der Waals surface area contributed by atoms with Gasteiger partial charge in [0.15, 0.2) is 0 Å². The Morgan fingerprint density at radius 1 is 1.11 bits per heavy atom. The maximum absolute atomic E-state index is 12.9. The first-order valence-electron chi connectivity index (χ1n) is 9.80. The Labute approximate surface area is 161 Å². The summed E-state index contributed by atoms with van der Waals surface area (Å²) in [7, 11) is 0. The lowest BCUT2D eigenvalue weighted by Crippen LogP contribution is -2.47. The second-order valence-electron chi connectivity index (χ2n) is 7.61. The average Bonchev–Trinajstić information content (AvgIpc) is 2.73. The number of carbonyl (C=O) groups excluding carboxylic acids is 2. The standard InChI is InChI=1S/C22H27N3O2/c1-2-21(26)24-12-9-20(10-13-24)22(27)25-11-3-4-19(16-25)14-17-5-7-18(15-23)8-6-17/h2,5-8,19-20H,1,3-4,9-14,16H2. The van der Waals surface area contributed by atoms with Gasteiger partial charge in [0, 0.05) is 32.1 Å². The molecule has 2 heterocycles. The summed E-state index contributed by atoms with van der Waals surface area (Å²) < 4.78 is 0. The van der Waals surface area contributed by atoms with Crippen LogP contribution in [0.2, 0.25) is 0 Å². The Morgan fingerprint density at radius 2 is 1.81 bits per heavy atom. The van der Waals surface area contributed by atoms with E-state index in [2.05, 4.69) is 12.6 Å². The topological polar surface area (TPSA) is 64.4 Å². The maximum Gasteiger partial charge on any atom is 0.245 e. The van der Waals surface area contributed by atoms with E-state index < -0.39 is 0 Å². The first-order valence-corrected chi connectivity index (χ1v) is 9.80. The van der Waals surface area contributed by atoms with E-state index in [4.69, 9.17) is 5.26 Å². The van der Waals surface area contributed by atoms with Crippen LogP contribution in [0.4, 0.5) is 0 Å². The molecule has 2 aliphatic heterocycles. The summed E-state index contributed by atoms with van der Waals surface area (Å²) in [5, 5.41) is 8.91. The van der Waals surface area contributed by atoms with Crippen molar-refractivity contribution >= 4 is 11.8 Å². The van der Waals surface area contributed by atoms with E-state index in [9.17, 15) is 9.59 Å². The quantitative estimate of drug-likeness (QED) is 0.771. The maximum atomic E-state index is 12.9. The van der Waals surface area contributed by atoms with Gasteiger partial charge in [-0.05, 0) is 61.8 Å². The van der Waals surface area contributed by atoms with Gasteiger partial charge in [0.2, 0.25) is 11.8 Å². The third-order valence-corrected chi connectivity index (χ3v) is 5.77. The van der Waals surface area contributed by atoms with Gasteiger partial charge >= 0.3 is 0 Å². The number of piperidine rings is 2. The molecule has 0 aliphatic carbocycles. The largest absolute Gasteiger partial charge is 0.342 e. The van der Waals surface area contributed by atoms with Crippen LogP contribution in [0.3, 0.4) is 0 Å². The minimum absolute atomic E-state index is 0.0347. The van der Waals surface area contributed by atoms with Gasteiger partial charge in [-0.15, -0.1) is 0 Å². The number of amides is 2. The predicted molar refractivity (Wildman–Crippen MR) is 104 cm³/mol. The van der Waals surface area contributed by atoms with E-state index in [1.165, 1.54) is 11.6 Å². The highest BCUT2D eigenvalue weighted by Crippen LogP contribution is 2.25. The molecule has 1 aromatic carbocycles. The zero-order chi connectivity index (χ0) is 19.2. The van der Waals surface area contributed by atoms with Crippen LogP contribution in [0.25, 0.3) is 0 Å².